The van der Waals surface area contributed by atoms with Crippen LogP contribution in [0.25, 0.3) is 0 Å². The van der Waals surface area contributed by atoms with Gasteiger partial charge in [-0.3, -0.25) is 4.79 Å². The molecule has 0 bridgehead atoms. The minimum atomic E-state index is 0.0341. The van der Waals surface area contributed by atoms with Crippen molar-refractivity contribution in [2.45, 2.75) is 33.6 Å². The van der Waals surface area contributed by atoms with E-state index in [-0.39, 0.29) is 17.6 Å². The maximum Gasteiger partial charge on any atom is 0.227 e. The van der Waals surface area contributed by atoms with Gasteiger partial charge in [-0.2, -0.15) is 0 Å². The van der Waals surface area contributed by atoms with Crippen molar-refractivity contribution >= 4 is 11.6 Å². The fourth-order valence-corrected chi connectivity index (χ4v) is 1.86. The summed E-state index contributed by atoms with van der Waals surface area (Å²) in [6.45, 7) is 6.25. The van der Waals surface area contributed by atoms with Crippen LogP contribution in [0.15, 0.2) is 24.3 Å². The van der Waals surface area contributed by atoms with Gasteiger partial charge in [-0.25, -0.2) is 0 Å². The molecule has 1 atom stereocenters. The van der Waals surface area contributed by atoms with Crippen LogP contribution in [0.5, 0.6) is 5.75 Å². The van der Waals surface area contributed by atoms with E-state index in [1.165, 1.54) is 0 Å². The van der Waals surface area contributed by atoms with Crippen LogP contribution in [0.1, 0.15) is 33.6 Å². The molecule has 1 rings (SSSR count). The van der Waals surface area contributed by atoms with E-state index in [1.807, 2.05) is 6.92 Å². The lowest BCUT2D eigenvalue weighted by molar-refractivity contribution is -0.120. The highest BCUT2D eigenvalue weighted by molar-refractivity contribution is 5.92. The second kappa shape index (κ2) is 6.28. The van der Waals surface area contributed by atoms with Crippen LogP contribution < -0.4 is 5.32 Å². The lowest BCUT2D eigenvalue weighted by Crippen LogP contribution is -2.23. The first-order valence-electron chi connectivity index (χ1n) is 6.12. The van der Waals surface area contributed by atoms with Gasteiger partial charge >= 0.3 is 0 Å². The Labute approximate surface area is 103 Å². The quantitative estimate of drug-likeness (QED) is 0.821. The van der Waals surface area contributed by atoms with E-state index in [0.717, 1.165) is 12.8 Å². The lowest BCUT2D eigenvalue weighted by Gasteiger charge is -2.16. The maximum absolute atomic E-state index is 12.0. The van der Waals surface area contributed by atoms with E-state index in [1.54, 1.807) is 24.3 Å². The molecule has 1 amide bonds. The molecule has 0 fully saturated rings. The van der Waals surface area contributed by atoms with Crippen molar-refractivity contribution in [1.82, 2.24) is 0 Å². The molecule has 17 heavy (non-hydrogen) atoms. The summed E-state index contributed by atoms with van der Waals surface area (Å²) in [5.41, 5.74) is 0.650. The molecule has 94 valence electrons. The molecule has 0 spiro atoms. The molecule has 3 nitrogen and oxygen atoms in total. The summed E-state index contributed by atoms with van der Waals surface area (Å²) < 4.78 is 0. The van der Waals surface area contributed by atoms with Crippen molar-refractivity contribution in [1.29, 1.82) is 0 Å². The second-order valence-corrected chi connectivity index (χ2v) is 4.77. The fourth-order valence-electron chi connectivity index (χ4n) is 1.86. The molecule has 0 aliphatic heterocycles. The molecule has 0 aromatic heterocycles. The number of carbonyl (C=O) groups is 1. The molecule has 1 aromatic carbocycles. The van der Waals surface area contributed by atoms with Crippen LogP contribution in [0, 0.1) is 11.8 Å². The van der Waals surface area contributed by atoms with Gasteiger partial charge in [0.1, 0.15) is 5.75 Å². The summed E-state index contributed by atoms with van der Waals surface area (Å²) in [5.74, 6) is 0.749. The Hall–Kier alpha value is -1.51. The average molecular weight is 235 g/mol. The van der Waals surface area contributed by atoms with Crippen molar-refractivity contribution in [3.8, 4) is 5.75 Å². The third-order valence-electron chi connectivity index (χ3n) is 2.73. The maximum atomic E-state index is 12.0. The Morgan fingerprint density at radius 3 is 2.65 bits per heavy atom. The highest BCUT2D eigenvalue weighted by Crippen LogP contribution is 2.20. The minimum absolute atomic E-state index is 0.0341. The highest BCUT2D eigenvalue weighted by Gasteiger charge is 2.17. The van der Waals surface area contributed by atoms with Gasteiger partial charge in [-0.1, -0.05) is 26.8 Å². The number of anilines is 1. The van der Waals surface area contributed by atoms with Gasteiger partial charge in [0.25, 0.3) is 0 Å². The number of benzene rings is 1. The average Bonchev–Trinajstić information content (AvgIpc) is 2.25. The number of hydrogen-bond acceptors (Lipinski definition) is 2. The smallest absolute Gasteiger partial charge is 0.227 e. The molecule has 0 saturated carbocycles. The molecular formula is C14H21NO2. The van der Waals surface area contributed by atoms with E-state index in [0.29, 0.717) is 11.6 Å². The predicted molar refractivity (Wildman–Crippen MR) is 70.0 cm³/mol. The van der Waals surface area contributed by atoms with Crippen LogP contribution in [-0.2, 0) is 4.79 Å². The Kier molecular flexibility index (Phi) is 5.01. The number of hydrogen-bond donors (Lipinski definition) is 2. The Morgan fingerprint density at radius 2 is 2.12 bits per heavy atom. The van der Waals surface area contributed by atoms with Gasteiger partial charge in [0.2, 0.25) is 5.91 Å². The zero-order valence-corrected chi connectivity index (χ0v) is 10.7. The van der Waals surface area contributed by atoms with Crippen molar-refractivity contribution in [2.75, 3.05) is 5.32 Å². The number of aromatic hydroxyl groups is 1. The fraction of sp³-hybridized carbons (Fsp3) is 0.500. The van der Waals surface area contributed by atoms with Crippen molar-refractivity contribution in [2.24, 2.45) is 11.8 Å². The van der Waals surface area contributed by atoms with Crippen LogP contribution in [-0.4, -0.2) is 11.0 Å². The lowest BCUT2D eigenvalue weighted by atomic mass is 9.94. The monoisotopic (exact) mass is 235 g/mol. The molecular weight excluding hydrogens is 214 g/mol. The summed E-state index contributed by atoms with van der Waals surface area (Å²) in [7, 11) is 0. The van der Waals surface area contributed by atoms with E-state index in [2.05, 4.69) is 19.2 Å². The van der Waals surface area contributed by atoms with E-state index >= 15 is 0 Å². The third-order valence-corrected chi connectivity index (χ3v) is 2.73. The minimum Gasteiger partial charge on any atom is -0.508 e. The molecule has 0 saturated heterocycles. The van der Waals surface area contributed by atoms with E-state index < -0.39 is 0 Å². The van der Waals surface area contributed by atoms with Gasteiger partial charge in [-0.05, 0) is 30.9 Å². The number of nitrogens with one attached hydrogen (secondary N) is 1. The standard InChI is InChI=1S/C14H21NO2/c1-4-11(8-10(2)3)14(17)15-12-6-5-7-13(16)9-12/h5-7,9-11,16H,4,8H2,1-3H3,(H,15,17). The molecule has 3 heteroatoms. The van der Waals surface area contributed by atoms with Gasteiger partial charge in [-0.15, -0.1) is 0 Å². The Morgan fingerprint density at radius 1 is 1.41 bits per heavy atom. The largest absolute Gasteiger partial charge is 0.508 e. The number of phenols is 1. The molecule has 2 N–H and O–H groups in total. The normalized spacial score (nSPS) is 12.5. The van der Waals surface area contributed by atoms with Crippen molar-refractivity contribution < 1.29 is 9.90 Å². The molecule has 1 aromatic rings. The molecule has 0 aliphatic carbocycles. The Balaban J connectivity index is 2.64. The van der Waals surface area contributed by atoms with Gasteiger partial charge in [0.05, 0.1) is 0 Å². The van der Waals surface area contributed by atoms with Crippen molar-refractivity contribution in [3.05, 3.63) is 24.3 Å². The first-order valence-corrected chi connectivity index (χ1v) is 6.12. The van der Waals surface area contributed by atoms with Gasteiger partial charge in [0, 0.05) is 17.7 Å². The molecule has 0 aliphatic rings. The summed E-state index contributed by atoms with van der Waals surface area (Å²) in [6.07, 6.45) is 1.73. The van der Waals surface area contributed by atoms with Crippen LogP contribution in [0.2, 0.25) is 0 Å². The predicted octanol–water partition coefficient (Wildman–Crippen LogP) is 3.40. The first-order chi connectivity index (χ1) is 8.02. The van der Waals surface area contributed by atoms with Crippen LogP contribution in [0.4, 0.5) is 5.69 Å². The molecule has 0 radical (unpaired) electrons. The van der Waals surface area contributed by atoms with Crippen molar-refractivity contribution in [3.63, 3.8) is 0 Å². The Bertz CT molecular complexity index is 374. The highest BCUT2D eigenvalue weighted by atomic mass is 16.3. The summed E-state index contributed by atoms with van der Waals surface area (Å²) in [6, 6.07) is 6.63. The number of amides is 1. The SMILES string of the molecule is CCC(CC(C)C)C(=O)Nc1cccc(O)c1. The zero-order valence-electron chi connectivity index (χ0n) is 10.7. The first kappa shape index (κ1) is 13.6. The van der Waals surface area contributed by atoms with Crippen LogP contribution >= 0.6 is 0 Å². The number of carbonyl (C=O) groups excluding carboxylic acids is 1. The van der Waals surface area contributed by atoms with Gasteiger partial charge in [0.15, 0.2) is 0 Å². The second-order valence-electron chi connectivity index (χ2n) is 4.77. The summed E-state index contributed by atoms with van der Waals surface area (Å²) >= 11 is 0. The zero-order chi connectivity index (χ0) is 12.8. The van der Waals surface area contributed by atoms with Gasteiger partial charge < -0.3 is 10.4 Å². The summed E-state index contributed by atoms with van der Waals surface area (Å²) in [5, 5.41) is 12.2. The summed E-state index contributed by atoms with van der Waals surface area (Å²) in [4.78, 5) is 12.0. The molecule has 1 unspecified atom stereocenters. The van der Waals surface area contributed by atoms with E-state index in [4.69, 9.17) is 0 Å². The molecule has 0 heterocycles. The topological polar surface area (TPSA) is 49.3 Å². The third kappa shape index (κ3) is 4.47. The van der Waals surface area contributed by atoms with E-state index in [9.17, 15) is 9.90 Å². The number of phenolic OH excluding ortho intramolecular Hbond substituents is 1. The number of rotatable bonds is 5. The van der Waals surface area contributed by atoms with Crippen LogP contribution in [0.3, 0.4) is 0 Å².